The van der Waals surface area contributed by atoms with Crippen molar-refractivity contribution < 1.29 is 22.8 Å². The van der Waals surface area contributed by atoms with Crippen LogP contribution >= 0.6 is 0 Å². The highest BCUT2D eigenvalue weighted by atomic mass is 32.2. The summed E-state index contributed by atoms with van der Waals surface area (Å²) in [6, 6.07) is 13.4. The van der Waals surface area contributed by atoms with E-state index in [1.54, 1.807) is 53.4 Å². The Kier molecular flexibility index (Phi) is 4.18. The maximum atomic E-state index is 13.3. The van der Waals surface area contributed by atoms with Gasteiger partial charge in [0.05, 0.1) is 22.8 Å². The van der Waals surface area contributed by atoms with Crippen molar-refractivity contribution in [1.29, 1.82) is 0 Å². The summed E-state index contributed by atoms with van der Waals surface area (Å²) in [5.41, 5.74) is 2.04. The summed E-state index contributed by atoms with van der Waals surface area (Å²) in [7, 11) is -3.13. The largest absolute Gasteiger partial charge is 0.351 e. The number of fused-ring (bicyclic) bond motifs is 5. The minimum absolute atomic E-state index is 0.0479. The molecule has 2 atom stereocenters. The highest BCUT2D eigenvalue weighted by molar-refractivity contribution is 7.91. The lowest BCUT2D eigenvalue weighted by Gasteiger charge is -2.40. The van der Waals surface area contributed by atoms with Gasteiger partial charge in [-0.05, 0) is 24.6 Å². The molecule has 154 valence electrons. The Hall–Kier alpha value is -3.20. The van der Waals surface area contributed by atoms with Crippen LogP contribution in [0.4, 0.5) is 5.69 Å². The predicted octanol–water partition coefficient (Wildman–Crippen LogP) is 1.10. The molecule has 0 unspecified atom stereocenters. The zero-order valence-electron chi connectivity index (χ0n) is 15.9. The van der Waals surface area contributed by atoms with Crippen LogP contribution in [0.5, 0.6) is 0 Å². The molecule has 30 heavy (non-hydrogen) atoms. The van der Waals surface area contributed by atoms with Gasteiger partial charge >= 0.3 is 0 Å². The molecule has 9 heteroatoms. The number of amides is 3. The number of sulfone groups is 1. The fraction of sp³-hybridized carbons (Fsp3) is 0.286. The number of anilines is 1. The fourth-order valence-electron chi connectivity index (χ4n) is 4.47. The first-order valence-electron chi connectivity index (χ1n) is 9.68. The number of nitrogens with one attached hydrogen (secondary N) is 1. The van der Waals surface area contributed by atoms with Gasteiger partial charge in [0.15, 0.2) is 9.84 Å². The highest BCUT2D eigenvalue weighted by Gasteiger charge is 2.48. The molecule has 2 aromatic rings. The van der Waals surface area contributed by atoms with Crippen LogP contribution in [-0.4, -0.2) is 55.1 Å². The molecule has 0 spiro atoms. The summed E-state index contributed by atoms with van der Waals surface area (Å²) in [6.45, 7) is -0.271. The normalized spacial score (nSPS) is 23.7. The summed E-state index contributed by atoms with van der Waals surface area (Å²) in [5, 5.41) is 2.73. The lowest BCUT2D eigenvalue weighted by molar-refractivity contribution is -0.122. The fourth-order valence-corrected chi connectivity index (χ4v) is 6.14. The Labute approximate surface area is 173 Å². The Balaban J connectivity index is 1.49. The van der Waals surface area contributed by atoms with Crippen LogP contribution in [0.15, 0.2) is 48.5 Å². The molecule has 1 fully saturated rings. The number of hydrogen-bond acceptors (Lipinski definition) is 5. The van der Waals surface area contributed by atoms with E-state index < -0.39 is 28.0 Å². The summed E-state index contributed by atoms with van der Waals surface area (Å²) in [4.78, 5) is 42.0. The smallest absolute Gasteiger partial charge is 0.260 e. The van der Waals surface area contributed by atoms with E-state index in [0.29, 0.717) is 28.8 Å². The first-order valence-corrected chi connectivity index (χ1v) is 11.5. The molecule has 0 bridgehead atoms. The van der Waals surface area contributed by atoms with E-state index >= 15 is 0 Å². The Morgan fingerprint density at radius 1 is 1.00 bits per heavy atom. The number of para-hydroxylation sites is 1. The van der Waals surface area contributed by atoms with Crippen molar-refractivity contribution in [3.8, 4) is 0 Å². The van der Waals surface area contributed by atoms with Gasteiger partial charge in [-0.2, -0.15) is 0 Å². The van der Waals surface area contributed by atoms with Gasteiger partial charge in [-0.25, -0.2) is 8.42 Å². The van der Waals surface area contributed by atoms with Crippen molar-refractivity contribution in [3.05, 3.63) is 65.2 Å². The van der Waals surface area contributed by atoms with E-state index in [9.17, 15) is 22.8 Å². The highest BCUT2D eigenvalue weighted by Crippen LogP contribution is 2.44. The van der Waals surface area contributed by atoms with Crippen molar-refractivity contribution in [2.45, 2.75) is 18.6 Å². The van der Waals surface area contributed by atoms with Crippen LogP contribution in [-0.2, 0) is 14.6 Å². The Morgan fingerprint density at radius 3 is 2.43 bits per heavy atom. The second-order valence-corrected chi connectivity index (χ2v) is 9.98. The predicted molar refractivity (Wildman–Crippen MR) is 109 cm³/mol. The monoisotopic (exact) mass is 425 g/mol. The van der Waals surface area contributed by atoms with E-state index in [1.807, 2.05) is 0 Å². The quantitative estimate of drug-likeness (QED) is 0.793. The number of carbonyl (C=O) groups is 3. The van der Waals surface area contributed by atoms with Crippen molar-refractivity contribution >= 4 is 33.2 Å². The molecule has 2 aromatic carbocycles. The van der Waals surface area contributed by atoms with Crippen molar-refractivity contribution in [2.75, 3.05) is 23.0 Å². The number of benzene rings is 2. The summed E-state index contributed by atoms with van der Waals surface area (Å²) in [6.07, 6.45) is -0.351. The zero-order valence-corrected chi connectivity index (χ0v) is 16.8. The molecule has 3 aliphatic heterocycles. The number of carbonyl (C=O) groups excluding carboxylic acids is 3. The molecule has 1 N–H and O–H groups in total. The summed E-state index contributed by atoms with van der Waals surface area (Å²) in [5.74, 6) is -1.05. The SMILES string of the molecule is O=C(CN1C(=O)c2ccccc2N2C(=O)c3ccccc3[C@H]12)N[C@@H]1CCS(=O)(=O)C1. The maximum absolute atomic E-state index is 13.3. The molecular formula is C21H19N3O5S. The van der Waals surface area contributed by atoms with Crippen LogP contribution in [0.1, 0.15) is 38.9 Å². The zero-order chi connectivity index (χ0) is 21.0. The molecule has 5 rings (SSSR count). The van der Waals surface area contributed by atoms with Crippen molar-refractivity contribution in [2.24, 2.45) is 0 Å². The average molecular weight is 425 g/mol. The van der Waals surface area contributed by atoms with Gasteiger partial charge in [0.25, 0.3) is 11.8 Å². The minimum atomic E-state index is -3.13. The van der Waals surface area contributed by atoms with Gasteiger partial charge in [-0.1, -0.05) is 30.3 Å². The average Bonchev–Trinajstić information content (AvgIpc) is 3.22. The van der Waals surface area contributed by atoms with Gasteiger partial charge in [-0.3, -0.25) is 19.3 Å². The molecule has 3 aliphatic rings. The number of hydrogen-bond donors (Lipinski definition) is 1. The van der Waals surface area contributed by atoms with Crippen LogP contribution in [0.2, 0.25) is 0 Å². The van der Waals surface area contributed by atoms with Gasteiger partial charge in [-0.15, -0.1) is 0 Å². The van der Waals surface area contributed by atoms with E-state index in [-0.39, 0.29) is 29.9 Å². The second-order valence-electron chi connectivity index (χ2n) is 7.75. The van der Waals surface area contributed by atoms with E-state index in [2.05, 4.69) is 5.32 Å². The molecule has 0 radical (unpaired) electrons. The molecular weight excluding hydrogens is 406 g/mol. The molecule has 8 nitrogen and oxygen atoms in total. The van der Waals surface area contributed by atoms with Gasteiger partial charge in [0.2, 0.25) is 5.91 Å². The van der Waals surface area contributed by atoms with Gasteiger partial charge in [0, 0.05) is 17.2 Å². The maximum Gasteiger partial charge on any atom is 0.260 e. The minimum Gasteiger partial charge on any atom is -0.351 e. The van der Waals surface area contributed by atoms with E-state index in [1.165, 1.54) is 4.90 Å². The standard InChI is InChI=1S/C21H19N3O5S/c25-18(22-13-9-10-30(28,29)12-13)11-23-19-14-5-1-2-6-15(14)21(27)24(19)17-8-4-3-7-16(17)20(23)26/h1-8,13,19H,9-12H2,(H,22,25)/t13-,19-/m1/s1. The lowest BCUT2D eigenvalue weighted by Crippen LogP contribution is -2.52. The van der Waals surface area contributed by atoms with E-state index in [4.69, 9.17) is 0 Å². The van der Waals surface area contributed by atoms with Crippen LogP contribution in [0, 0.1) is 0 Å². The third-order valence-electron chi connectivity index (χ3n) is 5.79. The van der Waals surface area contributed by atoms with Crippen LogP contribution in [0.25, 0.3) is 0 Å². The molecule has 0 aliphatic carbocycles. The number of nitrogens with zero attached hydrogens (tertiary/aromatic N) is 2. The molecule has 1 saturated heterocycles. The molecule has 0 saturated carbocycles. The summed E-state index contributed by atoms with van der Waals surface area (Å²) >= 11 is 0. The van der Waals surface area contributed by atoms with Crippen molar-refractivity contribution in [3.63, 3.8) is 0 Å². The second kappa shape index (κ2) is 6.66. The first-order chi connectivity index (χ1) is 14.4. The topological polar surface area (TPSA) is 104 Å². The lowest BCUT2D eigenvalue weighted by atomic mass is 10.0. The van der Waals surface area contributed by atoms with Gasteiger partial charge in [0.1, 0.15) is 12.7 Å². The van der Waals surface area contributed by atoms with Gasteiger partial charge < -0.3 is 10.2 Å². The van der Waals surface area contributed by atoms with Crippen LogP contribution in [0.3, 0.4) is 0 Å². The third-order valence-corrected chi connectivity index (χ3v) is 7.56. The molecule has 0 aromatic heterocycles. The molecule has 3 heterocycles. The Bertz CT molecular complexity index is 1190. The Morgan fingerprint density at radius 2 is 1.70 bits per heavy atom. The van der Waals surface area contributed by atoms with Crippen molar-refractivity contribution in [1.82, 2.24) is 10.2 Å². The first kappa shape index (κ1) is 18.8. The third kappa shape index (κ3) is 2.88. The molecule has 3 amide bonds. The summed E-state index contributed by atoms with van der Waals surface area (Å²) < 4.78 is 23.3. The van der Waals surface area contributed by atoms with Crippen LogP contribution < -0.4 is 10.2 Å². The van der Waals surface area contributed by atoms with E-state index in [0.717, 1.165) is 0 Å². The number of rotatable bonds is 3.